The van der Waals surface area contributed by atoms with Crippen molar-refractivity contribution in [2.45, 2.75) is 26.2 Å². The zero-order valence-corrected chi connectivity index (χ0v) is 10.5. The van der Waals surface area contributed by atoms with E-state index in [1.54, 1.807) is 0 Å². The number of nitrogens with zero attached hydrogens (tertiary/aromatic N) is 2. The van der Waals surface area contributed by atoms with Crippen LogP contribution in [-0.4, -0.2) is 22.9 Å². The predicted octanol–water partition coefficient (Wildman–Crippen LogP) is 2.60. The Morgan fingerprint density at radius 3 is 2.76 bits per heavy atom. The number of aryl methyl sites for hydroxylation is 1. The van der Waals surface area contributed by atoms with Gasteiger partial charge in [0.2, 0.25) is 0 Å². The Kier molecular flexibility index (Phi) is 1.88. The van der Waals surface area contributed by atoms with Gasteiger partial charge in [-0.3, -0.25) is 4.99 Å². The summed E-state index contributed by atoms with van der Waals surface area (Å²) in [7, 11) is 1.82. The lowest BCUT2D eigenvalue weighted by Crippen LogP contribution is -2.27. The Morgan fingerprint density at radius 1 is 1.29 bits per heavy atom. The lowest BCUT2D eigenvalue weighted by Gasteiger charge is -2.18. The highest BCUT2D eigenvalue weighted by molar-refractivity contribution is 6.10. The average Bonchev–Trinajstić information content (AvgIpc) is 2.73. The lowest BCUT2D eigenvalue weighted by atomic mass is 9.85. The van der Waals surface area contributed by atoms with Crippen molar-refractivity contribution in [3.63, 3.8) is 0 Å². The molecular weight excluding hydrogens is 212 g/mol. The lowest BCUT2D eigenvalue weighted by molar-refractivity contribution is 0.735. The molecule has 2 aromatic rings. The number of aromatic nitrogens is 2. The molecule has 17 heavy (non-hydrogen) atoms. The van der Waals surface area contributed by atoms with Crippen LogP contribution >= 0.6 is 0 Å². The second kappa shape index (κ2) is 3.09. The van der Waals surface area contributed by atoms with Gasteiger partial charge in [-0.2, -0.15) is 0 Å². The van der Waals surface area contributed by atoms with E-state index >= 15 is 0 Å². The first-order chi connectivity index (χ1) is 8.02. The number of aliphatic imine (C=N–C) groups is 1. The molecule has 0 atom stereocenters. The van der Waals surface area contributed by atoms with Crippen LogP contribution in [0, 0.1) is 6.92 Å². The van der Waals surface area contributed by atoms with E-state index < -0.39 is 0 Å². The molecule has 1 aliphatic rings. The van der Waals surface area contributed by atoms with Crippen LogP contribution in [0.5, 0.6) is 0 Å². The minimum Gasteiger partial charge on any atom is -0.343 e. The van der Waals surface area contributed by atoms with Gasteiger partial charge in [0.15, 0.2) is 0 Å². The van der Waals surface area contributed by atoms with Crippen LogP contribution in [0.2, 0.25) is 0 Å². The van der Waals surface area contributed by atoms with Crippen LogP contribution < -0.4 is 5.32 Å². The summed E-state index contributed by atoms with van der Waals surface area (Å²) < 4.78 is 0. The van der Waals surface area contributed by atoms with Crippen molar-refractivity contribution in [3.05, 3.63) is 23.5 Å². The van der Waals surface area contributed by atoms with E-state index in [1.807, 2.05) is 14.0 Å². The standard InChI is InChI=1S/C13H16N4/c1-7-15-10-5-8-9(6-11(10)16-7)17-12(14-4)13(8,2)3/h5-6H,1-4H3,(H,14,17)(H,15,16). The number of hydrogen-bond donors (Lipinski definition) is 2. The summed E-state index contributed by atoms with van der Waals surface area (Å²) in [5, 5.41) is 3.37. The molecule has 0 bridgehead atoms. The first kappa shape index (κ1) is 10.3. The van der Waals surface area contributed by atoms with Crippen molar-refractivity contribution in [3.8, 4) is 0 Å². The van der Waals surface area contributed by atoms with E-state index in [-0.39, 0.29) is 5.41 Å². The topological polar surface area (TPSA) is 53.1 Å². The molecule has 1 aromatic carbocycles. The molecular formula is C13H16N4. The summed E-state index contributed by atoms with van der Waals surface area (Å²) in [4.78, 5) is 12.1. The van der Waals surface area contributed by atoms with Crippen molar-refractivity contribution >= 4 is 22.6 Å². The van der Waals surface area contributed by atoms with E-state index in [2.05, 4.69) is 46.3 Å². The fourth-order valence-electron chi connectivity index (χ4n) is 2.55. The number of amidine groups is 1. The predicted molar refractivity (Wildman–Crippen MR) is 70.8 cm³/mol. The molecule has 0 aliphatic carbocycles. The van der Waals surface area contributed by atoms with E-state index in [0.29, 0.717) is 0 Å². The average molecular weight is 228 g/mol. The van der Waals surface area contributed by atoms with Crippen molar-refractivity contribution in [2.75, 3.05) is 12.4 Å². The minimum atomic E-state index is -0.0582. The van der Waals surface area contributed by atoms with E-state index in [0.717, 1.165) is 28.4 Å². The summed E-state index contributed by atoms with van der Waals surface area (Å²) >= 11 is 0. The van der Waals surface area contributed by atoms with Crippen LogP contribution in [0.1, 0.15) is 25.2 Å². The highest BCUT2D eigenvalue weighted by Gasteiger charge is 2.36. The van der Waals surface area contributed by atoms with Gasteiger partial charge in [-0.15, -0.1) is 0 Å². The van der Waals surface area contributed by atoms with E-state index in [4.69, 9.17) is 0 Å². The number of anilines is 1. The van der Waals surface area contributed by atoms with Crippen LogP contribution in [-0.2, 0) is 5.41 Å². The minimum absolute atomic E-state index is 0.0582. The van der Waals surface area contributed by atoms with Crippen LogP contribution in [0.3, 0.4) is 0 Å². The molecule has 0 unspecified atom stereocenters. The fourth-order valence-corrected chi connectivity index (χ4v) is 2.55. The molecule has 0 radical (unpaired) electrons. The van der Waals surface area contributed by atoms with Gasteiger partial charge in [0, 0.05) is 18.2 Å². The molecule has 88 valence electrons. The molecule has 4 heteroatoms. The van der Waals surface area contributed by atoms with Gasteiger partial charge in [-0.25, -0.2) is 4.98 Å². The number of rotatable bonds is 0. The molecule has 0 saturated heterocycles. The van der Waals surface area contributed by atoms with Gasteiger partial charge in [-0.1, -0.05) is 0 Å². The molecule has 0 amide bonds. The third kappa shape index (κ3) is 1.30. The van der Waals surface area contributed by atoms with Gasteiger partial charge >= 0.3 is 0 Å². The van der Waals surface area contributed by atoms with Gasteiger partial charge < -0.3 is 10.3 Å². The molecule has 0 fully saturated rings. The summed E-state index contributed by atoms with van der Waals surface area (Å²) in [6.07, 6.45) is 0. The first-order valence-corrected chi connectivity index (χ1v) is 5.77. The molecule has 1 aromatic heterocycles. The second-order valence-electron chi connectivity index (χ2n) is 5.06. The smallest absolute Gasteiger partial charge is 0.111 e. The molecule has 4 nitrogen and oxygen atoms in total. The second-order valence-corrected chi connectivity index (χ2v) is 5.06. The largest absolute Gasteiger partial charge is 0.343 e. The molecule has 1 aliphatic heterocycles. The summed E-state index contributed by atoms with van der Waals surface area (Å²) in [5.74, 6) is 1.96. The maximum absolute atomic E-state index is 4.45. The molecule has 0 saturated carbocycles. The zero-order chi connectivity index (χ0) is 12.2. The monoisotopic (exact) mass is 228 g/mol. The number of fused-ring (bicyclic) bond motifs is 2. The highest BCUT2D eigenvalue weighted by Crippen LogP contribution is 2.39. The van der Waals surface area contributed by atoms with Crippen molar-refractivity contribution in [1.82, 2.24) is 9.97 Å². The number of nitrogens with one attached hydrogen (secondary N) is 2. The Morgan fingerprint density at radius 2 is 2.06 bits per heavy atom. The normalized spacial score (nSPS) is 19.6. The van der Waals surface area contributed by atoms with Gasteiger partial charge in [0.25, 0.3) is 0 Å². The summed E-state index contributed by atoms with van der Waals surface area (Å²) in [6, 6.07) is 4.27. The third-order valence-electron chi connectivity index (χ3n) is 3.48. The summed E-state index contributed by atoms with van der Waals surface area (Å²) in [5.41, 5.74) is 4.43. The van der Waals surface area contributed by atoms with Crippen LogP contribution in [0.4, 0.5) is 5.69 Å². The van der Waals surface area contributed by atoms with Gasteiger partial charge in [0.05, 0.1) is 11.0 Å². The Labute approximate surface area is 100 Å². The highest BCUT2D eigenvalue weighted by atomic mass is 15.0. The van der Waals surface area contributed by atoms with Gasteiger partial charge in [-0.05, 0) is 38.5 Å². The van der Waals surface area contributed by atoms with Crippen LogP contribution in [0.15, 0.2) is 17.1 Å². The Balaban J connectivity index is 2.29. The fraction of sp³-hybridized carbons (Fsp3) is 0.385. The maximum Gasteiger partial charge on any atom is 0.111 e. The maximum atomic E-state index is 4.45. The first-order valence-electron chi connectivity index (χ1n) is 5.77. The molecule has 2 heterocycles. The quantitative estimate of drug-likeness (QED) is 0.728. The SMILES string of the molecule is CN=C1Nc2cc3nc(C)[nH]c3cc2C1(C)C. The zero-order valence-electron chi connectivity index (χ0n) is 10.5. The Hall–Kier alpha value is -1.84. The molecule has 2 N–H and O–H groups in total. The Bertz CT molecular complexity index is 634. The molecule has 3 rings (SSSR count). The number of imidazole rings is 1. The van der Waals surface area contributed by atoms with E-state index in [1.165, 1.54) is 5.56 Å². The third-order valence-corrected chi connectivity index (χ3v) is 3.48. The van der Waals surface area contributed by atoms with Crippen molar-refractivity contribution in [1.29, 1.82) is 0 Å². The summed E-state index contributed by atoms with van der Waals surface area (Å²) in [6.45, 7) is 6.34. The molecule has 0 spiro atoms. The van der Waals surface area contributed by atoms with Crippen molar-refractivity contribution < 1.29 is 0 Å². The number of benzene rings is 1. The van der Waals surface area contributed by atoms with Gasteiger partial charge in [0.1, 0.15) is 11.7 Å². The number of H-pyrrole nitrogens is 1. The number of aromatic amines is 1. The van der Waals surface area contributed by atoms with E-state index in [9.17, 15) is 0 Å². The van der Waals surface area contributed by atoms with Crippen LogP contribution in [0.25, 0.3) is 11.0 Å². The van der Waals surface area contributed by atoms with Crippen molar-refractivity contribution in [2.24, 2.45) is 4.99 Å². The number of hydrogen-bond acceptors (Lipinski definition) is 2.